The number of hydrogen-bond donors (Lipinski definition) is 0. The first-order valence-corrected chi connectivity index (χ1v) is 3.97. The Hall–Kier alpha value is -1.97. The molecule has 0 aromatic carbocycles. The molecule has 3 rings (SSSR count). The quantitative estimate of drug-likeness (QED) is 0.510. The van der Waals surface area contributed by atoms with Gasteiger partial charge in [-0.1, -0.05) is 0 Å². The third kappa shape index (κ3) is 0.823. The summed E-state index contributed by atoms with van der Waals surface area (Å²) in [6.45, 7) is 0. The molecule has 0 radical (unpaired) electrons. The molecule has 3 aromatic rings. The summed E-state index contributed by atoms with van der Waals surface area (Å²) in [5, 5.41) is 6.21. The van der Waals surface area contributed by atoms with Gasteiger partial charge in [-0.05, 0) is 17.5 Å². The van der Waals surface area contributed by atoms with Gasteiger partial charge in [0.25, 0.3) is 0 Å². The number of fused-ring (bicyclic) bond motifs is 3. The van der Waals surface area contributed by atoms with Crippen LogP contribution in [0.15, 0.2) is 37.1 Å². The van der Waals surface area contributed by atoms with Crippen LogP contribution in [-0.2, 0) is 0 Å². The van der Waals surface area contributed by atoms with Crippen LogP contribution in [-0.4, -0.2) is 19.6 Å². The third-order valence-electron chi connectivity index (χ3n) is 2.06. The van der Waals surface area contributed by atoms with Gasteiger partial charge in [0.2, 0.25) is 0 Å². The Morgan fingerprint density at radius 3 is 3.23 bits per heavy atom. The van der Waals surface area contributed by atoms with E-state index >= 15 is 0 Å². The van der Waals surface area contributed by atoms with E-state index in [9.17, 15) is 0 Å². The Balaban J connectivity index is 2.65. The van der Waals surface area contributed by atoms with Gasteiger partial charge < -0.3 is 0 Å². The molecule has 0 aliphatic carbocycles. The van der Waals surface area contributed by atoms with Gasteiger partial charge in [-0.15, -0.1) is 0 Å². The second-order valence-electron chi connectivity index (χ2n) is 2.81. The van der Waals surface area contributed by atoms with Crippen LogP contribution in [0.4, 0.5) is 0 Å². The molecule has 13 heavy (non-hydrogen) atoms. The monoisotopic (exact) mass is 170 g/mol. The van der Waals surface area contributed by atoms with E-state index in [2.05, 4.69) is 15.1 Å². The average molecular weight is 170 g/mol. The molecule has 0 aliphatic heterocycles. The largest absolute Gasteiger partial charge is 0.264 e. The molecule has 0 spiro atoms. The lowest BCUT2D eigenvalue weighted by Gasteiger charge is -1.96. The van der Waals surface area contributed by atoms with Crippen molar-refractivity contribution in [2.75, 3.05) is 0 Å². The van der Waals surface area contributed by atoms with Gasteiger partial charge in [0.05, 0.1) is 0 Å². The van der Waals surface area contributed by atoms with E-state index in [-0.39, 0.29) is 0 Å². The van der Waals surface area contributed by atoms with Crippen LogP contribution in [0.2, 0.25) is 0 Å². The van der Waals surface area contributed by atoms with Crippen LogP contribution in [0, 0.1) is 0 Å². The summed E-state index contributed by atoms with van der Waals surface area (Å²) in [4.78, 5) is 8.22. The van der Waals surface area contributed by atoms with Crippen molar-refractivity contribution in [3.8, 4) is 0 Å². The Morgan fingerprint density at radius 2 is 2.23 bits per heavy atom. The molecule has 3 aromatic heterocycles. The van der Waals surface area contributed by atoms with Crippen LogP contribution in [0.1, 0.15) is 0 Å². The summed E-state index contributed by atoms with van der Waals surface area (Å²) in [7, 11) is 0. The molecule has 4 nitrogen and oxygen atoms in total. The minimum atomic E-state index is 0.852. The molecule has 0 saturated carbocycles. The van der Waals surface area contributed by atoms with E-state index in [1.54, 1.807) is 23.2 Å². The molecule has 0 N–H and O–H groups in total. The van der Waals surface area contributed by atoms with Gasteiger partial charge in [-0.2, -0.15) is 5.10 Å². The van der Waals surface area contributed by atoms with Crippen molar-refractivity contribution in [2.45, 2.75) is 0 Å². The van der Waals surface area contributed by atoms with Crippen LogP contribution in [0.5, 0.6) is 0 Å². The Labute approximate surface area is 73.9 Å². The average Bonchev–Trinajstić information content (AvgIpc) is 2.65. The number of hydrogen-bond acceptors (Lipinski definition) is 3. The van der Waals surface area contributed by atoms with Gasteiger partial charge >= 0.3 is 0 Å². The van der Waals surface area contributed by atoms with Gasteiger partial charge in [0.15, 0.2) is 5.65 Å². The van der Waals surface area contributed by atoms with E-state index in [1.165, 1.54) is 0 Å². The predicted octanol–water partition coefficient (Wildman–Crippen LogP) is 1.28. The Morgan fingerprint density at radius 1 is 1.23 bits per heavy atom. The third-order valence-corrected chi connectivity index (χ3v) is 2.06. The second-order valence-corrected chi connectivity index (χ2v) is 2.81. The molecule has 0 unspecified atom stereocenters. The van der Waals surface area contributed by atoms with Gasteiger partial charge in [-0.3, -0.25) is 4.98 Å². The van der Waals surface area contributed by atoms with E-state index in [4.69, 9.17) is 0 Å². The molecule has 0 amide bonds. The first-order chi connectivity index (χ1) is 6.45. The first kappa shape index (κ1) is 6.54. The molecule has 0 fully saturated rings. The SMILES string of the molecule is c1cc2ccn3ncnc3c2cn1. The molecule has 3 heterocycles. The van der Waals surface area contributed by atoms with Crippen molar-refractivity contribution in [1.82, 2.24) is 19.6 Å². The van der Waals surface area contributed by atoms with Crippen molar-refractivity contribution in [2.24, 2.45) is 0 Å². The van der Waals surface area contributed by atoms with Crippen molar-refractivity contribution in [3.63, 3.8) is 0 Å². The van der Waals surface area contributed by atoms with E-state index in [0.29, 0.717) is 0 Å². The lowest BCUT2D eigenvalue weighted by molar-refractivity contribution is 0.966. The highest BCUT2D eigenvalue weighted by Crippen LogP contribution is 2.15. The molecule has 0 saturated heterocycles. The molecular weight excluding hydrogens is 164 g/mol. The van der Waals surface area contributed by atoms with Crippen LogP contribution < -0.4 is 0 Å². The molecule has 0 atom stereocenters. The molecule has 0 bridgehead atoms. The number of rotatable bonds is 0. The zero-order valence-electron chi connectivity index (χ0n) is 6.75. The Kier molecular flexibility index (Phi) is 1.14. The fourth-order valence-electron chi connectivity index (χ4n) is 1.44. The maximum absolute atomic E-state index is 4.16. The van der Waals surface area contributed by atoms with Gasteiger partial charge in [0, 0.05) is 24.0 Å². The highest BCUT2D eigenvalue weighted by atomic mass is 15.3. The van der Waals surface area contributed by atoms with Crippen molar-refractivity contribution in [3.05, 3.63) is 37.1 Å². The molecule has 4 heteroatoms. The fourth-order valence-corrected chi connectivity index (χ4v) is 1.44. The zero-order chi connectivity index (χ0) is 8.67. The minimum Gasteiger partial charge on any atom is -0.264 e. The smallest absolute Gasteiger partial charge is 0.164 e. The molecular formula is C9H6N4. The van der Waals surface area contributed by atoms with Crippen LogP contribution in [0.25, 0.3) is 16.4 Å². The first-order valence-electron chi connectivity index (χ1n) is 3.97. The van der Waals surface area contributed by atoms with E-state index < -0.39 is 0 Å². The molecule has 0 aliphatic rings. The summed E-state index contributed by atoms with van der Waals surface area (Å²) in [5.41, 5.74) is 0.852. The minimum absolute atomic E-state index is 0.852. The number of pyridine rings is 2. The lowest BCUT2D eigenvalue weighted by atomic mass is 10.2. The lowest BCUT2D eigenvalue weighted by Crippen LogP contribution is -1.87. The Bertz CT molecular complexity index is 570. The number of aromatic nitrogens is 4. The summed E-state index contributed by atoms with van der Waals surface area (Å²) in [5.74, 6) is 0. The van der Waals surface area contributed by atoms with E-state index in [1.807, 2.05) is 18.3 Å². The maximum atomic E-state index is 4.16. The van der Waals surface area contributed by atoms with Crippen molar-refractivity contribution >= 4 is 16.4 Å². The maximum Gasteiger partial charge on any atom is 0.164 e. The summed E-state index contributed by atoms with van der Waals surface area (Å²) in [6, 6.07) is 3.96. The summed E-state index contributed by atoms with van der Waals surface area (Å²) < 4.78 is 1.74. The second kappa shape index (κ2) is 2.26. The topological polar surface area (TPSA) is 43.1 Å². The highest BCUT2D eigenvalue weighted by molar-refractivity contribution is 5.92. The summed E-state index contributed by atoms with van der Waals surface area (Å²) >= 11 is 0. The molecule has 62 valence electrons. The van der Waals surface area contributed by atoms with Gasteiger partial charge in [0.1, 0.15) is 6.33 Å². The normalized spacial score (nSPS) is 11.1. The van der Waals surface area contributed by atoms with Gasteiger partial charge in [-0.25, -0.2) is 9.50 Å². The van der Waals surface area contributed by atoms with E-state index in [0.717, 1.165) is 16.4 Å². The zero-order valence-corrected chi connectivity index (χ0v) is 6.75. The van der Waals surface area contributed by atoms with Crippen LogP contribution >= 0.6 is 0 Å². The van der Waals surface area contributed by atoms with Crippen LogP contribution in [0.3, 0.4) is 0 Å². The predicted molar refractivity (Wildman–Crippen MR) is 48.3 cm³/mol. The van der Waals surface area contributed by atoms with Crippen molar-refractivity contribution in [1.29, 1.82) is 0 Å². The fraction of sp³-hybridized carbons (Fsp3) is 0. The number of nitrogens with zero attached hydrogens (tertiary/aromatic N) is 4. The van der Waals surface area contributed by atoms with Crippen molar-refractivity contribution < 1.29 is 0 Å². The highest BCUT2D eigenvalue weighted by Gasteiger charge is 2.00. The summed E-state index contributed by atoms with van der Waals surface area (Å²) in [6.07, 6.45) is 7.01. The standard InChI is InChI=1S/C9H6N4/c1-3-10-5-8-7(1)2-4-13-9(8)11-6-12-13/h1-6H.